The molecule has 4 heteroatoms. The van der Waals surface area contributed by atoms with Gasteiger partial charge in [-0.1, -0.05) is 12.1 Å². The van der Waals surface area contributed by atoms with Crippen molar-refractivity contribution in [3.8, 4) is 0 Å². The van der Waals surface area contributed by atoms with Gasteiger partial charge in [-0.25, -0.2) is 4.39 Å². The first kappa shape index (κ1) is 8.66. The molecule has 0 radical (unpaired) electrons. The second-order valence-electron chi connectivity index (χ2n) is 2.54. The maximum Gasteiger partial charge on any atom is 0.262 e. The third-order valence-corrected chi connectivity index (χ3v) is 3.16. The van der Waals surface area contributed by atoms with E-state index in [0.29, 0.717) is 15.0 Å². The van der Waals surface area contributed by atoms with Gasteiger partial charge in [0.2, 0.25) is 0 Å². The van der Waals surface area contributed by atoms with Crippen LogP contribution in [0.2, 0.25) is 0 Å². The number of fused-ring (bicyclic) bond motifs is 1. The van der Waals surface area contributed by atoms with E-state index < -0.39 is 5.24 Å². The molecular formula is C9H4ClFOS. The van der Waals surface area contributed by atoms with Gasteiger partial charge in [-0.05, 0) is 29.1 Å². The van der Waals surface area contributed by atoms with Crippen molar-refractivity contribution >= 4 is 38.3 Å². The topological polar surface area (TPSA) is 17.1 Å². The lowest BCUT2D eigenvalue weighted by Gasteiger charge is -1.87. The van der Waals surface area contributed by atoms with E-state index in [1.807, 2.05) is 0 Å². The molecule has 0 atom stereocenters. The van der Waals surface area contributed by atoms with Crippen molar-refractivity contribution in [2.45, 2.75) is 0 Å². The Balaban J connectivity index is 2.75. The highest BCUT2D eigenvalue weighted by molar-refractivity contribution is 7.22. The van der Waals surface area contributed by atoms with E-state index in [2.05, 4.69) is 0 Å². The number of halogens is 2. The lowest BCUT2D eigenvalue weighted by Crippen LogP contribution is -1.78. The monoisotopic (exact) mass is 214 g/mol. The van der Waals surface area contributed by atoms with Crippen molar-refractivity contribution < 1.29 is 9.18 Å². The van der Waals surface area contributed by atoms with Gasteiger partial charge in [-0.3, -0.25) is 4.79 Å². The van der Waals surface area contributed by atoms with Crippen LogP contribution < -0.4 is 0 Å². The van der Waals surface area contributed by atoms with Crippen molar-refractivity contribution in [1.29, 1.82) is 0 Å². The molecule has 0 fully saturated rings. The summed E-state index contributed by atoms with van der Waals surface area (Å²) in [6.07, 6.45) is 0. The highest BCUT2D eigenvalue weighted by atomic mass is 35.5. The van der Waals surface area contributed by atoms with Crippen LogP contribution in [0.25, 0.3) is 10.1 Å². The summed E-state index contributed by atoms with van der Waals surface area (Å²) in [5, 5.41) is 0.176. The molecule has 0 saturated heterocycles. The minimum absolute atomic E-state index is 0.313. The summed E-state index contributed by atoms with van der Waals surface area (Å²) in [5.41, 5.74) is 0. The van der Waals surface area contributed by atoms with E-state index in [-0.39, 0.29) is 5.82 Å². The average molecular weight is 215 g/mol. The zero-order valence-corrected chi connectivity index (χ0v) is 7.95. The van der Waals surface area contributed by atoms with Crippen molar-refractivity contribution in [2.24, 2.45) is 0 Å². The maximum atomic E-state index is 13.1. The standard InChI is InChI=1S/C9H4ClFOS/c10-9(12)7-4-5-2-1-3-6(11)8(5)13-7/h1-4H. The molecule has 1 nitrogen and oxygen atoms in total. The summed E-state index contributed by atoms with van der Waals surface area (Å²) in [7, 11) is 0. The number of hydrogen-bond donors (Lipinski definition) is 0. The molecule has 1 aromatic carbocycles. The van der Waals surface area contributed by atoms with Crippen molar-refractivity contribution in [1.82, 2.24) is 0 Å². The molecule has 0 aliphatic carbocycles. The zero-order chi connectivity index (χ0) is 9.42. The fourth-order valence-corrected chi connectivity index (χ4v) is 2.19. The second kappa shape index (κ2) is 3.09. The maximum absolute atomic E-state index is 13.1. The van der Waals surface area contributed by atoms with Gasteiger partial charge in [0.05, 0.1) is 9.58 Å². The number of benzene rings is 1. The van der Waals surface area contributed by atoms with Crippen molar-refractivity contribution in [3.05, 3.63) is 35.0 Å². The molecule has 0 spiro atoms. The number of hydrogen-bond acceptors (Lipinski definition) is 2. The van der Waals surface area contributed by atoms with E-state index in [9.17, 15) is 9.18 Å². The number of rotatable bonds is 1. The van der Waals surface area contributed by atoms with Crippen LogP contribution in [0, 0.1) is 5.82 Å². The van der Waals surface area contributed by atoms with Crippen LogP contribution >= 0.6 is 22.9 Å². The summed E-state index contributed by atoms with van der Waals surface area (Å²) in [4.78, 5) is 11.2. The summed E-state index contributed by atoms with van der Waals surface area (Å²) < 4.78 is 13.6. The van der Waals surface area contributed by atoms with Crippen molar-refractivity contribution in [2.75, 3.05) is 0 Å². The third-order valence-electron chi connectivity index (χ3n) is 1.69. The molecule has 0 unspecified atom stereocenters. The molecule has 0 amide bonds. The Morgan fingerprint density at radius 1 is 1.46 bits per heavy atom. The van der Waals surface area contributed by atoms with Gasteiger partial charge in [0.1, 0.15) is 5.82 Å². The summed E-state index contributed by atoms with van der Waals surface area (Å²) in [5.74, 6) is -0.313. The Hall–Kier alpha value is -0.930. The molecule has 0 saturated carbocycles. The minimum Gasteiger partial charge on any atom is -0.275 e. The van der Waals surface area contributed by atoms with Gasteiger partial charge in [-0.15, -0.1) is 11.3 Å². The van der Waals surface area contributed by atoms with Crippen molar-refractivity contribution in [3.63, 3.8) is 0 Å². The van der Waals surface area contributed by atoms with Crippen LogP contribution in [-0.2, 0) is 0 Å². The zero-order valence-electron chi connectivity index (χ0n) is 6.38. The smallest absolute Gasteiger partial charge is 0.262 e. The Kier molecular flexibility index (Phi) is 2.06. The fourth-order valence-electron chi connectivity index (χ4n) is 1.12. The highest BCUT2D eigenvalue weighted by Crippen LogP contribution is 2.28. The Labute approximate surface area is 82.7 Å². The largest absolute Gasteiger partial charge is 0.275 e. The Morgan fingerprint density at radius 2 is 2.23 bits per heavy atom. The fraction of sp³-hybridized carbons (Fsp3) is 0. The van der Waals surface area contributed by atoms with Gasteiger partial charge >= 0.3 is 0 Å². The lowest BCUT2D eigenvalue weighted by molar-refractivity contribution is 0.108. The van der Waals surface area contributed by atoms with Gasteiger partial charge in [-0.2, -0.15) is 0 Å². The van der Waals surface area contributed by atoms with E-state index in [1.165, 1.54) is 6.07 Å². The van der Waals surface area contributed by atoms with Gasteiger partial charge in [0.15, 0.2) is 0 Å². The molecule has 0 N–H and O–H groups in total. The van der Waals surface area contributed by atoms with Crippen LogP contribution in [0.1, 0.15) is 9.67 Å². The van der Waals surface area contributed by atoms with E-state index in [1.54, 1.807) is 18.2 Å². The number of carbonyl (C=O) groups is 1. The Bertz CT molecular complexity index is 477. The predicted octanol–water partition coefficient (Wildman–Crippen LogP) is 3.42. The predicted molar refractivity (Wildman–Crippen MR) is 52.0 cm³/mol. The molecule has 1 aromatic heterocycles. The molecule has 1 heterocycles. The normalized spacial score (nSPS) is 10.6. The molecule has 13 heavy (non-hydrogen) atoms. The molecular weight excluding hydrogens is 211 g/mol. The third kappa shape index (κ3) is 1.45. The first-order valence-electron chi connectivity index (χ1n) is 3.56. The van der Waals surface area contributed by atoms with E-state index >= 15 is 0 Å². The SMILES string of the molecule is O=C(Cl)c1cc2cccc(F)c2s1. The molecule has 0 aliphatic rings. The van der Waals surface area contributed by atoms with Crippen LogP contribution in [0.15, 0.2) is 24.3 Å². The minimum atomic E-state index is -0.541. The molecule has 66 valence electrons. The van der Waals surface area contributed by atoms with E-state index in [4.69, 9.17) is 11.6 Å². The van der Waals surface area contributed by atoms with Gasteiger partial charge in [0, 0.05) is 0 Å². The summed E-state index contributed by atoms with van der Waals surface area (Å²) >= 11 is 6.35. The van der Waals surface area contributed by atoms with Crippen LogP contribution in [-0.4, -0.2) is 5.24 Å². The summed E-state index contributed by atoms with van der Waals surface area (Å²) in [6, 6.07) is 6.31. The van der Waals surface area contributed by atoms with Crippen LogP contribution in [0.3, 0.4) is 0 Å². The van der Waals surface area contributed by atoms with Gasteiger partial charge < -0.3 is 0 Å². The average Bonchev–Trinajstić information content (AvgIpc) is 2.49. The van der Waals surface area contributed by atoms with Crippen LogP contribution in [0.4, 0.5) is 4.39 Å². The second-order valence-corrected chi connectivity index (χ2v) is 3.94. The lowest BCUT2D eigenvalue weighted by atomic mass is 10.2. The van der Waals surface area contributed by atoms with Crippen LogP contribution in [0.5, 0.6) is 0 Å². The highest BCUT2D eigenvalue weighted by Gasteiger charge is 2.09. The quantitative estimate of drug-likeness (QED) is 0.665. The molecule has 2 aromatic rings. The number of carbonyl (C=O) groups excluding carboxylic acids is 1. The Morgan fingerprint density at radius 3 is 2.85 bits per heavy atom. The molecule has 0 bridgehead atoms. The molecule has 0 aliphatic heterocycles. The van der Waals surface area contributed by atoms with E-state index in [0.717, 1.165) is 11.3 Å². The first-order valence-corrected chi connectivity index (χ1v) is 4.76. The van der Waals surface area contributed by atoms with Gasteiger partial charge in [0.25, 0.3) is 5.24 Å². The molecule has 2 rings (SSSR count). The first-order chi connectivity index (χ1) is 6.18. The number of thiophene rings is 1. The summed E-state index contributed by atoms with van der Waals surface area (Å²) in [6.45, 7) is 0.